The maximum Gasteiger partial charge on any atom is 0.165 e. The highest BCUT2D eigenvalue weighted by molar-refractivity contribution is 5.99. The van der Waals surface area contributed by atoms with Crippen LogP contribution in [0.4, 0.5) is 0 Å². The van der Waals surface area contributed by atoms with Gasteiger partial charge in [-0.1, -0.05) is 13.8 Å². The van der Waals surface area contributed by atoms with E-state index in [1.54, 1.807) is 6.20 Å². The van der Waals surface area contributed by atoms with Crippen LogP contribution in [0, 0.1) is 12.3 Å². The molecule has 2 aromatic rings. The van der Waals surface area contributed by atoms with E-state index in [2.05, 4.69) is 41.4 Å². The van der Waals surface area contributed by atoms with Gasteiger partial charge in [0, 0.05) is 48.7 Å². The number of ketones is 1. The lowest BCUT2D eigenvalue weighted by atomic mass is 9.76. The van der Waals surface area contributed by atoms with Gasteiger partial charge in [0.15, 0.2) is 5.78 Å². The normalized spacial score (nSPS) is 17.2. The molecule has 0 amide bonds. The zero-order chi connectivity index (χ0) is 14.3. The quantitative estimate of drug-likeness (QED) is 0.933. The number of fused-ring (bicyclic) bond motifs is 1. The largest absolute Gasteiger partial charge is 0.349 e. The van der Waals surface area contributed by atoms with Crippen molar-refractivity contribution in [2.75, 3.05) is 0 Å². The van der Waals surface area contributed by atoms with Crippen molar-refractivity contribution >= 4 is 5.78 Å². The lowest BCUT2D eigenvalue weighted by molar-refractivity contribution is 0.0910. The number of nitrogens with one attached hydrogen (secondary N) is 1. The predicted octanol–water partition coefficient (Wildman–Crippen LogP) is 2.92. The fourth-order valence-corrected chi connectivity index (χ4v) is 3.17. The topological polar surface area (TPSA) is 50.7 Å². The first-order chi connectivity index (χ1) is 9.46. The van der Waals surface area contributed by atoms with Crippen molar-refractivity contribution in [1.29, 1.82) is 0 Å². The Morgan fingerprint density at radius 2 is 2.20 bits per heavy atom. The minimum atomic E-state index is 0.0668. The van der Waals surface area contributed by atoms with Crippen LogP contribution in [-0.4, -0.2) is 20.3 Å². The van der Waals surface area contributed by atoms with Crippen LogP contribution < -0.4 is 0 Å². The molecule has 0 unspecified atom stereocenters. The summed E-state index contributed by atoms with van der Waals surface area (Å²) in [6, 6.07) is 2.05. The van der Waals surface area contributed by atoms with Gasteiger partial charge in [0.1, 0.15) is 5.82 Å². The molecule has 4 heteroatoms. The Hall–Kier alpha value is -1.84. The highest BCUT2D eigenvalue weighted by Gasteiger charge is 2.33. The number of carbonyl (C=O) groups is 1. The molecule has 0 bridgehead atoms. The van der Waals surface area contributed by atoms with E-state index in [4.69, 9.17) is 0 Å². The van der Waals surface area contributed by atoms with Gasteiger partial charge in [0.25, 0.3) is 0 Å². The summed E-state index contributed by atoms with van der Waals surface area (Å²) in [5.74, 6) is 1.28. The fourth-order valence-electron chi connectivity index (χ4n) is 3.17. The van der Waals surface area contributed by atoms with E-state index in [1.165, 1.54) is 11.4 Å². The van der Waals surface area contributed by atoms with Crippen LogP contribution in [0.2, 0.25) is 0 Å². The first-order valence-corrected chi connectivity index (χ1v) is 7.17. The van der Waals surface area contributed by atoms with E-state index < -0.39 is 0 Å². The Labute approximate surface area is 119 Å². The van der Waals surface area contributed by atoms with Crippen LogP contribution in [0.3, 0.4) is 0 Å². The molecule has 106 valence electrons. The van der Waals surface area contributed by atoms with E-state index in [0.29, 0.717) is 6.42 Å². The molecule has 2 aromatic heterocycles. The van der Waals surface area contributed by atoms with Gasteiger partial charge in [-0.15, -0.1) is 0 Å². The van der Waals surface area contributed by atoms with Gasteiger partial charge in [-0.25, -0.2) is 4.98 Å². The third kappa shape index (κ3) is 2.30. The molecule has 20 heavy (non-hydrogen) atoms. The maximum absolute atomic E-state index is 12.3. The average molecular weight is 271 g/mol. The molecule has 0 fully saturated rings. The molecule has 0 radical (unpaired) electrons. The van der Waals surface area contributed by atoms with E-state index in [-0.39, 0.29) is 11.2 Å². The second-order valence-electron chi connectivity index (χ2n) is 6.52. The van der Waals surface area contributed by atoms with E-state index in [1.807, 2.05) is 6.20 Å². The number of carbonyl (C=O) groups excluding carboxylic acids is 1. The SMILES string of the molecule is Cc1cc2c(n1CCc1ncc[nH]1)CC(C)(C)CC2=O. The standard InChI is InChI=1S/C16H21N3O/c1-11-8-12-13(9-16(2,3)10-14(12)20)19(11)7-4-15-17-5-6-18-15/h5-6,8H,4,7,9-10H2,1-3H3,(H,17,18). The third-order valence-corrected chi connectivity index (χ3v) is 4.13. The van der Waals surface area contributed by atoms with Gasteiger partial charge in [-0.05, 0) is 24.8 Å². The molecule has 0 spiro atoms. The molecule has 0 aliphatic heterocycles. The van der Waals surface area contributed by atoms with Gasteiger partial charge in [0.05, 0.1) is 0 Å². The number of imidazole rings is 1. The monoisotopic (exact) mass is 271 g/mol. The molecular weight excluding hydrogens is 250 g/mol. The number of hydrogen-bond acceptors (Lipinski definition) is 2. The molecule has 2 heterocycles. The smallest absolute Gasteiger partial charge is 0.165 e. The van der Waals surface area contributed by atoms with Crippen molar-refractivity contribution < 1.29 is 4.79 Å². The summed E-state index contributed by atoms with van der Waals surface area (Å²) in [5, 5.41) is 0. The number of hydrogen-bond donors (Lipinski definition) is 1. The van der Waals surface area contributed by atoms with E-state index in [9.17, 15) is 4.79 Å². The number of aromatic amines is 1. The lowest BCUT2D eigenvalue weighted by Crippen LogP contribution is -2.28. The number of rotatable bonds is 3. The third-order valence-electron chi connectivity index (χ3n) is 4.13. The number of Topliss-reactive ketones (excluding diaryl/α,β-unsaturated/α-hetero) is 1. The summed E-state index contributed by atoms with van der Waals surface area (Å²) < 4.78 is 2.29. The average Bonchev–Trinajstić information content (AvgIpc) is 2.94. The van der Waals surface area contributed by atoms with Crippen LogP contribution in [-0.2, 0) is 19.4 Å². The summed E-state index contributed by atoms with van der Waals surface area (Å²) in [6.45, 7) is 7.30. The van der Waals surface area contributed by atoms with Crippen LogP contribution >= 0.6 is 0 Å². The lowest BCUT2D eigenvalue weighted by Gasteiger charge is -2.29. The van der Waals surface area contributed by atoms with Crippen molar-refractivity contribution in [3.8, 4) is 0 Å². The number of H-pyrrole nitrogens is 1. The number of aryl methyl sites for hydroxylation is 2. The Kier molecular flexibility index (Phi) is 3.04. The minimum absolute atomic E-state index is 0.0668. The molecule has 4 nitrogen and oxygen atoms in total. The van der Waals surface area contributed by atoms with Gasteiger partial charge >= 0.3 is 0 Å². The van der Waals surface area contributed by atoms with E-state index >= 15 is 0 Å². The van der Waals surface area contributed by atoms with Crippen LogP contribution in [0.25, 0.3) is 0 Å². The van der Waals surface area contributed by atoms with Crippen molar-refractivity contribution in [3.63, 3.8) is 0 Å². The molecule has 3 rings (SSSR count). The van der Waals surface area contributed by atoms with E-state index in [0.717, 1.165) is 30.8 Å². The predicted molar refractivity (Wildman–Crippen MR) is 77.9 cm³/mol. The molecular formula is C16H21N3O. The minimum Gasteiger partial charge on any atom is -0.349 e. The van der Waals surface area contributed by atoms with Crippen molar-refractivity contribution in [3.05, 3.63) is 41.2 Å². The second kappa shape index (κ2) is 4.62. The van der Waals surface area contributed by atoms with Crippen molar-refractivity contribution in [1.82, 2.24) is 14.5 Å². The summed E-state index contributed by atoms with van der Waals surface area (Å²) in [6.07, 6.45) is 6.12. The zero-order valence-corrected chi connectivity index (χ0v) is 12.4. The Morgan fingerprint density at radius 1 is 1.40 bits per heavy atom. The summed E-state index contributed by atoms with van der Waals surface area (Å²) >= 11 is 0. The maximum atomic E-state index is 12.3. The van der Waals surface area contributed by atoms with Gasteiger partial charge < -0.3 is 9.55 Å². The fraction of sp³-hybridized carbons (Fsp3) is 0.500. The molecule has 0 aromatic carbocycles. The highest BCUT2D eigenvalue weighted by atomic mass is 16.1. The number of aromatic nitrogens is 3. The molecule has 0 saturated carbocycles. The van der Waals surface area contributed by atoms with Gasteiger partial charge in [-0.3, -0.25) is 4.79 Å². The first-order valence-electron chi connectivity index (χ1n) is 7.17. The summed E-state index contributed by atoms with van der Waals surface area (Å²) in [4.78, 5) is 19.7. The molecule has 0 saturated heterocycles. The Balaban J connectivity index is 1.90. The first kappa shape index (κ1) is 13.2. The zero-order valence-electron chi connectivity index (χ0n) is 12.4. The molecule has 1 aliphatic rings. The van der Waals surface area contributed by atoms with Crippen molar-refractivity contribution in [2.45, 2.75) is 46.6 Å². The van der Waals surface area contributed by atoms with Crippen molar-refractivity contribution in [2.24, 2.45) is 5.41 Å². The second-order valence-corrected chi connectivity index (χ2v) is 6.52. The highest BCUT2D eigenvalue weighted by Crippen LogP contribution is 2.36. The molecule has 0 atom stereocenters. The Morgan fingerprint density at radius 3 is 2.90 bits per heavy atom. The van der Waals surface area contributed by atoms with Crippen LogP contribution in [0.1, 0.15) is 47.8 Å². The Bertz CT molecular complexity index is 635. The van der Waals surface area contributed by atoms with Crippen LogP contribution in [0.5, 0.6) is 0 Å². The van der Waals surface area contributed by atoms with Crippen LogP contribution in [0.15, 0.2) is 18.5 Å². The van der Waals surface area contributed by atoms with Gasteiger partial charge in [0.2, 0.25) is 0 Å². The molecule has 1 aliphatic carbocycles. The summed E-state index contributed by atoms with van der Waals surface area (Å²) in [7, 11) is 0. The molecule has 1 N–H and O–H groups in total. The summed E-state index contributed by atoms with van der Waals surface area (Å²) in [5.41, 5.74) is 3.38. The van der Waals surface area contributed by atoms with Gasteiger partial charge in [-0.2, -0.15) is 0 Å². The number of nitrogens with zero attached hydrogens (tertiary/aromatic N) is 2.